The molecule has 1 aliphatic rings. The molecule has 1 fully saturated rings. The Bertz CT molecular complexity index is 1000. The van der Waals surface area contributed by atoms with Gasteiger partial charge < -0.3 is 9.47 Å². The molecule has 3 aromatic rings. The fourth-order valence-corrected chi connectivity index (χ4v) is 4.48. The predicted octanol–water partition coefficient (Wildman–Crippen LogP) is 3.49. The van der Waals surface area contributed by atoms with Crippen molar-refractivity contribution in [3.63, 3.8) is 0 Å². The summed E-state index contributed by atoms with van der Waals surface area (Å²) in [5, 5.41) is 0. The molecule has 6 heteroatoms. The summed E-state index contributed by atoms with van der Waals surface area (Å²) in [6.45, 7) is 9.02. The number of aryl methyl sites for hydroxylation is 1. The number of hydrogen-bond donors (Lipinski definition) is 0. The van der Waals surface area contributed by atoms with Gasteiger partial charge in [0.2, 0.25) is 5.91 Å². The van der Waals surface area contributed by atoms with Gasteiger partial charge in [-0.1, -0.05) is 24.3 Å². The minimum absolute atomic E-state index is 0.0736. The summed E-state index contributed by atoms with van der Waals surface area (Å²) in [6, 6.07) is 12.5. The number of carbonyl (C=O) groups is 1. The van der Waals surface area contributed by atoms with Crippen LogP contribution in [0.1, 0.15) is 25.2 Å². The van der Waals surface area contributed by atoms with E-state index in [1.807, 2.05) is 41.8 Å². The molecule has 1 saturated heterocycles. The first-order valence-corrected chi connectivity index (χ1v) is 11.2. The molecule has 0 spiro atoms. The number of aromatic nitrogens is 3. The lowest BCUT2D eigenvalue weighted by Crippen LogP contribution is -2.37. The van der Waals surface area contributed by atoms with Crippen LogP contribution in [0.4, 0.5) is 0 Å². The van der Waals surface area contributed by atoms with Gasteiger partial charge in [-0.05, 0) is 49.1 Å². The van der Waals surface area contributed by atoms with Crippen LogP contribution in [-0.2, 0) is 24.3 Å². The van der Waals surface area contributed by atoms with Gasteiger partial charge >= 0.3 is 0 Å². The van der Waals surface area contributed by atoms with Gasteiger partial charge in [-0.15, -0.1) is 0 Å². The Morgan fingerprint density at radius 3 is 2.58 bits per heavy atom. The van der Waals surface area contributed by atoms with Gasteiger partial charge in [0.05, 0.1) is 12.5 Å². The molecule has 6 nitrogen and oxygen atoms in total. The van der Waals surface area contributed by atoms with Gasteiger partial charge in [0, 0.05) is 57.5 Å². The number of hydrogen-bond acceptors (Lipinski definition) is 4. The molecule has 3 heterocycles. The monoisotopic (exact) mass is 417 g/mol. The van der Waals surface area contributed by atoms with Crippen molar-refractivity contribution in [1.29, 1.82) is 0 Å². The molecule has 4 rings (SSSR count). The average Bonchev–Trinajstić information content (AvgIpc) is 3.20. The highest BCUT2D eigenvalue weighted by atomic mass is 16.2. The van der Waals surface area contributed by atoms with E-state index in [9.17, 15) is 4.79 Å². The number of rotatable bonds is 7. The SMILES string of the molecule is CCN1CCN(Cc2nccn2CC)C[C@@H](Cc2ccccc2-c2ccncc2)C1=O. The zero-order chi connectivity index (χ0) is 21.6. The highest BCUT2D eigenvalue weighted by Crippen LogP contribution is 2.27. The van der Waals surface area contributed by atoms with Crippen LogP contribution in [0.25, 0.3) is 11.1 Å². The Labute approximate surface area is 184 Å². The van der Waals surface area contributed by atoms with Crippen molar-refractivity contribution in [3.8, 4) is 11.1 Å². The van der Waals surface area contributed by atoms with Gasteiger partial charge in [0.1, 0.15) is 5.82 Å². The first-order valence-electron chi connectivity index (χ1n) is 11.2. The van der Waals surface area contributed by atoms with E-state index in [2.05, 4.69) is 57.5 Å². The minimum Gasteiger partial charge on any atom is -0.341 e. The third-order valence-corrected chi connectivity index (χ3v) is 6.19. The predicted molar refractivity (Wildman–Crippen MR) is 122 cm³/mol. The maximum atomic E-state index is 13.4. The van der Waals surface area contributed by atoms with Crippen LogP contribution < -0.4 is 0 Å². The summed E-state index contributed by atoms with van der Waals surface area (Å²) in [4.78, 5) is 26.5. The van der Waals surface area contributed by atoms with E-state index >= 15 is 0 Å². The molecule has 0 saturated carbocycles. The molecular formula is C25H31N5O. The first kappa shape index (κ1) is 21.2. The van der Waals surface area contributed by atoms with Crippen molar-refractivity contribution < 1.29 is 4.79 Å². The van der Waals surface area contributed by atoms with Gasteiger partial charge in [-0.3, -0.25) is 14.7 Å². The van der Waals surface area contributed by atoms with Gasteiger partial charge in [0.25, 0.3) is 0 Å². The lowest BCUT2D eigenvalue weighted by atomic mass is 9.91. The van der Waals surface area contributed by atoms with Crippen LogP contribution >= 0.6 is 0 Å². The van der Waals surface area contributed by atoms with E-state index in [1.54, 1.807) is 0 Å². The van der Waals surface area contributed by atoms with E-state index in [1.165, 1.54) is 11.1 Å². The van der Waals surface area contributed by atoms with Crippen LogP contribution in [0.5, 0.6) is 0 Å². The largest absolute Gasteiger partial charge is 0.341 e. The number of nitrogens with zero attached hydrogens (tertiary/aromatic N) is 5. The zero-order valence-corrected chi connectivity index (χ0v) is 18.4. The Morgan fingerprint density at radius 2 is 1.81 bits per heavy atom. The summed E-state index contributed by atoms with van der Waals surface area (Å²) >= 11 is 0. The van der Waals surface area contributed by atoms with Crippen molar-refractivity contribution in [1.82, 2.24) is 24.3 Å². The summed E-state index contributed by atoms with van der Waals surface area (Å²) < 4.78 is 2.18. The van der Waals surface area contributed by atoms with Crippen molar-refractivity contribution in [2.45, 2.75) is 33.4 Å². The molecule has 0 radical (unpaired) electrons. The zero-order valence-electron chi connectivity index (χ0n) is 18.4. The molecule has 1 aliphatic heterocycles. The van der Waals surface area contributed by atoms with E-state index in [-0.39, 0.29) is 11.8 Å². The Balaban J connectivity index is 1.59. The van der Waals surface area contributed by atoms with Gasteiger partial charge in [-0.25, -0.2) is 4.98 Å². The summed E-state index contributed by atoms with van der Waals surface area (Å²) in [5.41, 5.74) is 3.53. The van der Waals surface area contributed by atoms with Crippen LogP contribution in [0.3, 0.4) is 0 Å². The smallest absolute Gasteiger partial charge is 0.227 e. The Morgan fingerprint density at radius 1 is 1.00 bits per heavy atom. The lowest BCUT2D eigenvalue weighted by molar-refractivity contribution is -0.134. The first-order chi connectivity index (χ1) is 15.2. The van der Waals surface area contributed by atoms with Crippen molar-refractivity contribution in [2.24, 2.45) is 5.92 Å². The molecule has 2 aromatic heterocycles. The number of imidazole rings is 1. The van der Waals surface area contributed by atoms with Crippen molar-refractivity contribution >= 4 is 5.91 Å². The summed E-state index contributed by atoms with van der Waals surface area (Å²) in [7, 11) is 0. The second kappa shape index (κ2) is 9.88. The fourth-order valence-electron chi connectivity index (χ4n) is 4.48. The van der Waals surface area contributed by atoms with Crippen LogP contribution in [0.15, 0.2) is 61.2 Å². The number of amides is 1. The number of benzene rings is 1. The number of carbonyl (C=O) groups excluding carboxylic acids is 1. The Kier molecular flexibility index (Phi) is 6.77. The maximum absolute atomic E-state index is 13.4. The molecule has 0 unspecified atom stereocenters. The molecule has 162 valence electrons. The quantitative estimate of drug-likeness (QED) is 0.591. The lowest BCUT2D eigenvalue weighted by Gasteiger charge is -2.24. The van der Waals surface area contributed by atoms with Crippen LogP contribution in [-0.4, -0.2) is 56.4 Å². The maximum Gasteiger partial charge on any atom is 0.227 e. The molecule has 1 atom stereocenters. The molecule has 1 aromatic carbocycles. The average molecular weight is 418 g/mol. The molecule has 0 N–H and O–H groups in total. The minimum atomic E-state index is -0.0736. The second-order valence-corrected chi connectivity index (χ2v) is 8.08. The third kappa shape index (κ3) is 4.85. The standard InChI is InChI=1S/C25H31N5O/c1-3-29-14-13-27-24(29)19-28-15-16-30(4-2)25(31)22(18-28)17-21-7-5-6-8-23(21)20-9-11-26-12-10-20/h5-14,22H,3-4,15-19H2,1-2H3/t22-/m1/s1. The van der Waals surface area contributed by atoms with Crippen LogP contribution in [0, 0.1) is 5.92 Å². The van der Waals surface area contributed by atoms with E-state index in [0.717, 1.165) is 57.1 Å². The highest BCUT2D eigenvalue weighted by Gasteiger charge is 2.30. The molecular weight excluding hydrogens is 386 g/mol. The van der Waals surface area contributed by atoms with E-state index in [4.69, 9.17) is 0 Å². The number of likely N-dealkylation sites (N-methyl/N-ethyl adjacent to an activating group) is 1. The second-order valence-electron chi connectivity index (χ2n) is 8.08. The molecule has 0 bridgehead atoms. The molecule has 31 heavy (non-hydrogen) atoms. The van der Waals surface area contributed by atoms with Gasteiger partial charge in [-0.2, -0.15) is 0 Å². The summed E-state index contributed by atoms with van der Waals surface area (Å²) in [6.07, 6.45) is 8.26. The normalized spacial score (nSPS) is 17.7. The van der Waals surface area contributed by atoms with E-state index < -0.39 is 0 Å². The Hall–Kier alpha value is -2.99. The van der Waals surface area contributed by atoms with E-state index in [0.29, 0.717) is 0 Å². The topological polar surface area (TPSA) is 54.3 Å². The number of pyridine rings is 1. The highest BCUT2D eigenvalue weighted by molar-refractivity contribution is 5.80. The molecule has 1 amide bonds. The summed E-state index contributed by atoms with van der Waals surface area (Å²) in [5.74, 6) is 1.25. The van der Waals surface area contributed by atoms with Crippen LogP contribution in [0.2, 0.25) is 0 Å². The van der Waals surface area contributed by atoms with Gasteiger partial charge in [0.15, 0.2) is 0 Å². The fraction of sp³-hybridized carbons (Fsp3) is 0.400. The van der Waals surface area contributed by atoms with Crippen molar-refractivity contribution in [3.05, 3.63) is 72.6 Å². The molecule has 0 aliphatic carbocycles. The third-order valence-electron chi connectivity index (χ3n) is 6.19. The van der Waals surface area contributed by atoms with Crippen molar-refractivity contribution in [2.75, 3.05) is 26.2 Å².